The number of imide groups is 2. The fourth-order valence-electron chi connectivity index (χ4n) is 2.45. The van der Waals surface area contributed by atoms with Crippen LogP contribution in [0.2, 0.25) is 0 Å². The molecule has 28 heavy (non-hydrogen) atoms. The van der Waals surface area contributed by atoms with E-state index in [4.69, 9.17) is 0 Å². The molecule has 1 saturated heterocycles. The predicted octanol–water partition coefficient (Wildman–Crippen LogP) is 1.61. The zero-order valence-electron chi connectivity index (χ0n) is 14.1. The summed E-state index contributed by atoms with van der Waals surface area (Å²) in [5, 5.41) is 15.4. The van der Waals surface area contributed by atoms with Crippen molar-refractivity contribution in [2.75, 3.05) is 4.90 Å². The summed E-state index contributed by atoms with van der Waals surface area (Å²) in [7, 11) is 0. The molecule has 0 aliphatic carbocycles. The molecule has 0 radical (unpaired) electrons. The van der Waals surface area contributed by atoms with Gasteiger partial charge >= 0.3 is 6.03 Å². The lowest BCUT2D eigenvalue weighted by atomic mass is 10.1. The average molecular weight is 492 g/mol. The Hall–Kier alpha value is -3.28. The highest BCUT2D eigenvalue weighted by Gasteiger charge is 2.40. The molecular formula is C18H13IN4O5. The van der Waals surface area contributed by atoms with Crippen LogP contribution in [0.15, 0.2) is 53.6 Å². The van der Waals surface area contributed by atoms with E-state index in [0.29, 0.717) is 5.69 Å². The molecule has 1 atom stereocenters. The van der Waals surface area contributed by atoms with Crippen LogP contribution in [0, 0.1) is 9.49 Å². The number of nitrogens with one attached hydrogen (secondary N) is 2. The summed E-state index contributed by atoms with van der Waals surface area (Å²) in [5.74, 6) is -4.00. The molecule has 5 amide bonds. The highest BCUT2D eigenvalue weighted by Crippen LogP contribution is 2.21. The van der Waals surface area contributed by atoms with Crippen LogP contribution < -0.4 is 15.6 Å². The molecule has 0 aromatic heterocycles. The van der Waals surface area contributed by atoms with Gasteiger partial charge in [0.15, 0.2) is 5.92 Å². The molecule has 0 saturated carbocycles. The third kappa shape index (κ3) is 4.01. The van der Waals surface area contributed by atoms with Gasteiger partial charge in [0.05, 0.1) is 11.3 Å². The molecule has 9 nitrogen and oxygen atoms in total. The van der Waals surface area contributed by atoms with Gasteiger partial charge in [-0.15, -0.1) is 0 Å². The average Bonchev–Trinajstić information content (AvgIpc) is 2.66. The first-order valence-corrected chi connectivity index (χ1v) is 9.02. The molecule has 1 aliphatic rings. The molecule has 0 bridgehead atoms. The zero-order valence-corrected chi connectivity index (χ0v) is 16.3. The van der Waals surface area contributed by atoms with Gasteiger partial charge in [-0.05, 0) is 59.0 Å². The van der Waals surface area contributed by atoms with E-state index in [9.17, 15) is 24.3 Å². The predicted molar refractivity (Wildman–Crippen MR) is 108 cm³/mol. The summed E-state index contributed by atoms with van der Waals surface area (Å²) >= 11 is 2.08. The van der Waals surface area contributed by atoms with E-state index in [1.54, 1.807) is 36.4 Å². The van der Waals surface area contributed by atoms with E-state index in [1.165, 1.54) is 12.1 Å². The number of amides is 5. The third-order valence-corrected chi connectivity index (χ3v) is 4.54. The van der Waals surface area contributed by atoms with Crippen molar-refractivity contribution in [3.63, 3.8) is 0 Å². The first-order chi connectivity index (χ1) is 13.4. The number of para-hydroxylation sites is 1. The van der Waals surface area contributed by atoms with Crippen molar-refractivity contribution in [3.05, 3.63) is 57.7 Å². The van der Waals surface area contributed by atoms with Gasteiger partial charge in [0.1, 0.15) is 5.75 Å². The van der Waals surface area contributed by atoms with E-state index in [2.05, 4.69) is 38.4 Å². The van der Waals surface area contributed by atoms with Gasteiger partial charge in [0, 0.05) is 9.78 Å². The summed E-state index contributed by atoms with van der Waals surface area (Å²) in [6, 6.07) is 11.5. The summed E-state index contributed by atoms with van der Waals surface area (Å²) in [5.41, 5.74) is 2.41. The van der Waals surface area contributed by atoms with Crippen LogP contribution in [0.5, 0.6) is 5.75 Å². The molecule has 1 aliphatic heterocycles. The van der Waals surface area contributed by atoms with Crippen molar-refractivity contribution in [2.24, 2.45) is 11.0 Å². The minimum absolute atomic E-state index is 0.0187. The number of hydrogen-bond acceptors (Lipinski definition) is 6. The number of phenolic OH excluding ortho intramolecular Hbond substituents is 1. The fourth-order valence-corrected chi connectivity index (χ4v) is 2.81. The van der Waals surface area contributed by atoms with Gasteiger partial charge in [-0.1, -0.05) is 12.1 Å². The number of phenols is 1. The first-order valence-electron chi connectivity index (χ1n) is 7.94. The number of aromatic hydroxyl groups is 1. The van der Waals surface area contributed by atoms with Crippen LogP contribution in [-0.4, -0.2) is 35.1 Å². The zero-order chi connectivity index (χ0) is 20.3. The summed E-state index contributed by atoms with van der Waals surface area (Å²) < 4.78 is 0.910. The van der Waals surface area contributed by atoms with E-state index >= 15 is 0 Å². The smallest absolute Gasteiger partial charge is 0.335 e. The summed E-state index contributed by atoms with van der Waals surface area (Å²) in [4.78, 5) is 49.6. The van der Waals surface area contributed by atoms with Crippen molar-refractivity contribution >= 4 is 58.2 Å². The largest absolute Gasteiger partial charge is 0.507 e. The van der Waals surface area contributed by atoms with Crippen molar-refractivity contribution < 1.29 is 24.3 Å². The minimum atomic E-state index is -1.40. The normalized spacial score (nSPS) is 17.0. The van der Waals surface area contributed by atoms with Gasteiger partial charge in [0.25, 0.3) is 11.8 Å². The van der Waals surface area contributed by atoms with E-state index in [1.807, 2.05) is 0 Å². The molecule has 0 spiro atoms. The Kier molecular flexibility index (Phi) is 5.68. The first kappa shape index (κ1) is 19.5. The number of hydrogen-bond donors (Lipinski definition) is 3. The lowest BCUT2D eigenvalue weighted by Crippen LogP contribution is -2.58. The van der Waals surface area contributed by atoms with Crippen LogP contribution in [-0.2, 0) is 9.59 Å². The number of carbonyl (C=O) groups excluding carboxylic acids is 4. The highest BCUT2D eigenvalue weighted by atomic mass is 127. The molecule has 142 valence electrons. The monoisotopic (exact) mass is 492 g/mol. The Bertz CT molecular complexity index is 990. The van der Waals surface area contributed by atoms with Gasteiger partial charge < -0.3 is 5.11 Å². The topological polar surface area (TPSA) is 128 Å². The van der Waals surface area contributed by atoms with Crippen LogP contribution in [0.25, 0.3) is 0 Å². The minimum Gasteiger partial charge on any atom is -0.507 e. The Morgan fingerprint density at radius 3 is 2.50 bits per heavy atom. The lowest BCUT2D eigenvalue weighted by molar-refractivity contribution is -0.131. The molecule has 1 heterocycles. The number of benzene rings is 2. The van der Waals surface area contributed by atoms with Crippen molar-refractivity contribution in [3.8, 4) is 5.75 Å². The SMILES string of the molecule is O=C(N/N=C\[C@@H]1C(=O)NC(=O)N(c2ccc(I)cc2)C1=O)c1ccccc1O. The van der Waals surface area contributed by atoms with E-state index < -0.39 is 29.7 Å². The molecule has 10 heteroatoms. The number of urea groups is 1. The molecule has 2 aromatic rings. The van der Waals surface area contributed by atoms with Crippen LogP contribution in [0.3, 0.4) is 0 Å². The quantitative estimate of drug-likeness (QED) is 0.259. The molecule has 3 rings (SSSR count). The third-order valence-electron chi connectivity index (χ3n) is 3.83. The Morgan fingerprint density at radius 1 is 1.14 bits per heavy atom. The highest BCUT2D eigenvalue weighted by molar-refractivity contribution is 14.1. The summed E-state index contributed by atoms with van der Waals surface area (Å²) in [6.45, 7) is 0. The number of carbonyl (C=O) groups is 4. The van der Waals surface area contributed by atoms with E-state index in [0.717, 1.165) is 14.7 Å². The standard InChI is InChI=1S/C18H13IN4O5/c19-10-5-7-11(8-6-10)23-17(27)13(15(25)21-18(23)28)9-20-22-16(26)12-3-1-2-4-14(12)24/h1-9,13,24H,(H,22,26)(H,21,25,28)/b20-9-/t13-/m1/s1. The maximum atomic E-state index is 12.6. The van der Waals surface area contributed by atoms with Crippen LogP contribution in [0.4, 0.5) is 10.5 Å². The maximum absolute atomic E-state index is 12.6. The number of nitrogens with zero attached hydrogens (tertiary/aromatic N) is 2. The van der Waals surface area contributed by atoms with Crippen molar-refractivity contribution in [1.82, 2.24) is 10.7 Å². The molecule has 3 N–H and O–H groups in total. The maximum Gasteiger partial charge on any atom is 0.335 e. The fraction of sp³-hybridized carbons (Fsp3) is 0.0556. The second kappa shape index (κ2) is 8.17. The Labute approximate surface area is 172 Å². The van der Waals surface area contributed by atoms with Crippen molar-refractivity contribution in [2.45, 2.75) is 0 Å². The number of hydrazone groups is 1. The number of rotatable bonds is 4. The van der Waals surface area contributed by atoms with Gasteiger partial charge in [-0.2, -0.15) is 5.10 Å². The second-order valence-corrected chi connectivity index (χ2v) is 6.90. The Balaban J connectivity index is 1.76. The summed E-state index contributed by atoms with van der Waals surface area (Å²) in [6.07, 6.45) is 0.932. The molecule has 0 unspecified atom stereocenters. The molecular weight excluding hydrogens is 479 g/mol. The second-order valence-electron chi connectivity index (χ2n) is 5.66. The molecule has 1 fully saturated rings. The lowest BCUT2D eigenvalue weighted by Gasteiger charge is -2.28. The van der Waals surface area contributed by atoms with Gasteiger partial charge in [-0.25, -0.2) is 15.1 Å². The van der Waals surface area contributed by atoms with Gasteiger partial charge in [-0.3, -0.25) is 19.7 Å². The van der Waals surface area contributed by atoms with Crippen LogP contribution in [0.1, 0.15) is 10.4 Å². The number of barbiturate groups is 1. The number of anilines is 1. The van der Waals surface area contributed by atoms with Crippen LogP contribution >= 0.6 is 22.6 Å². The molecule has 2 aromatic carbocycles. The van der Waals surface area contributed by atoms with Crippen molar-refractivity contribution in [1.29, 1.82) is 0 Å². The van der Waals surface area contributed by atoms with E-state index in [-0.39, 0.29) is 11.3 Å². The number of halogens is 1. The Morgan fingerprint density at radius 2 is 1.82 bits per heavy atom. The van der Waals surface area contributed by atoms with Gasteiger partial charge in [0.2, 0.25) is 5.91 Å².